The molecule has 0 bridgehead atoms. The van der Waals surface area contributed by atoms with Crippen molar-refractivity contribution in [2.45, 2.75) is 44.7 Å². The van der Waals surface area contributed by atoms with Crippen molar-refractivity contribution in [3.63, 3.8) is 0 Å². The summed E-state index contributed by atoms with van der Waals surface area (Å²) < 4.78 is 5.29. The number of methoxy groups -OCH3 is 1. The molecule has 0 amide bonds. The van der Waals surface area contributed by atoms with Gasteiger partial charge in [-0.25, -0.2) is 0 Å². The Morgan fingerprint density at radius 2 is 2.39 bits per heavy atom. The number of ether oxygens (including phenoxy) is 1. The summed E-state index contributed by atoms with van der Waals surface area (Å²) in [5.74, 6) is 0.913. The normalized spacial score (nSPS) is 19.1. The van der Waals surface area contributed by atoms with Gasteiger partial charge in [-0.3, -0.25) is 0 Å². The molecule has 0 saturated carbocycles. The second-order valence-electron chi connectivity index (χ2n) is 4.79. The van der Waals surface area contributed by atoms with Gasteiger partial charge in [0, 0.05) is 12.1 Å². The smallest absolute Gasteiger partial charge is 0.119 e. The zero-order valence-electron chi connectivity index (χ0n) is 11.1. The number of benzene rings is 1. The number of aryl methyl sites for hydroxylation is 1. The summed E-state index contributed by atoms with van der Waals surface area (Å²) in [6.07, 6.45) is 3.79. The Hall–Kier alpha value is -1.53. The molecule has 0 saturated heterocycles. The van der Waals surface area contributed by atoms with Crippen LogP contribution < -0.4 is 10.1 Å². The quantitative estimate of drug-likeness (QED) is 0.866. The third kappa shape index (κ3) is 2.65. The van der Waals surface area contributed by atoms with E-state index in [2.05, 4.69) is 30.4 Å². The van der Waals surface area contributed by atoms with E-state index < -0.39 is 0 Å². The predicted molar refractivity (Wildman–Crippen MR) is 71.5 cm³/mol. The van der Waals surface area contributed by atoms with Gasteiger partial charge in [-0.2, -0.15) is 5.26 Å². The van der Waals surface area contributed by atoms with Crippen molar-refractivity contribution >= 4 is 0 Å². The molecule has 96 valence electrons. The van der Waals surface area contributed by atoms with Crippen LogP contribution in [0.1, 0.15) is 43.4 Å². The minimum atomic E-state index is 0.289. The van der Waals surface area contributed by atoms with E-state index in [-0.39, 0.29) is 6.04 Å². The fourth-order valence-corrected chi connectivity index (χ4v) is 2.60. The summed E-state index contributed by atoms with van der Waals surface area (Å²) in [4.78, 5) is 0. The number of nitrogens with zero attached hydrogens (tertiary/aromatic N) is 1. The lowest BCUT2D eigenvalue weighted by Crippen LogP contribution is -2.31. The molecule has 3 nitrogen and oxygen atoms in total. The highest BCUT2D eigenvalue weighted by Gasteiger charge is 2.24. The maximum absolute atomic E-state index is 8.81. The summed E-state index contributed by atoms with van der Waals surface area (Å²) in [6, 6.07) is 9.21. The van der Waals surface area contributed by atoms with Crippen molar-refractivity contribution in [1.29, 1.82) is 5.26 Å². The average Bonchev–Trinajstić information content (AvgIpc) is 2.80. The number of rotatable bonds is 5. The first kappa shape index (κ1) is 12.9. The molecule has 2 rings (SSSR count). The Morgan fingerprint density at radius 3 is 3.06 bits per heavy atom. The van der Waals surface area contributed by atoms with E-state index in [1.54, 1.807) is 7.11 Å². The number of nitrogens with one attached hydrogen (secondary N) is 1. The largest absolute Gasteiger partial charge is 0.497 e. The number of hydrogen-bond donors (Lipinski definition) is 1. The van der Waals surface area contributed by atoms with E-state index in [1.165, 1.54) is 11.1 Å². The maximum atomic E-state index is 8.81. The van der Waals surface area contributed by atoms with E-state index in [4.69, 9.17) is 10.00 Å². The molecule has 18 heavy (non-hydrogen) atoms. The van der Waals surface area contributed by atoms with Gasteiger partial charge < -0.3 is 10.1 Å². The molecule has 1 aliphatic carbocycles. The van der Waals surface area contributed by atoms with Gasteiger partial charge in [-0.15, -0.1) is 0 Å². The molecule has 1 aromatic rings. The van der Waals surface area contributed by atoms with Crippen molar-refractivity contribution in [2.24, 2.45) is 0 Å². The highest BCUT2D eigenvalue weighted by Crippen LogP contribution is 2.34. The molecule has 0 spiro atoms. The standard InChI is InChI=1S/C15H20N2O/c1-3-12(8-9-16)17-15-7-5-11-4-6-13(18-2)10-14(11)15/h4,6,10,12,15,17H,3,5,7-8H2,1-2H3. The Kier molecular flexibility index (Phi) is 4.22. The summed E-state index contributed by atoms with van der Waals surface area (Å²) in [5, 5.41) is 12.4. The molecule has 2 unspecified atom stereocenters. The van der Waals surface area contributed by atoms with Crippen molar-refractivity contribution in [3.05, 3.63) is 29.3 Å². The molecule has 1 aliphatic rings. The van der Waals surface area contributed by atoms with Crippen LogP contribution in [0.4, 0.5) is 0 Å². The SMILES string of the molecule is CCC(CC#N)NC1CCc2ccc(OC)cc21. The van der Waals surface area contributed by atoms with E-state index in [1.807, 2.05) is 6.07 Å². The van der Waals surface area contributed by atoms with E-state index in [0.29, 0.717) is 12.5 Å². The molecule has 3 heteroatoms. The van der Waals surface area contributed by atoms with Gasteiger partial charge in [0.1, 0.15) is 5.75 Å². The fourth-order valence-electron chi connectivity index (χ4n) is 2.60. The number of fused-ring (bicyclic) bond motifs is 1. The summed E-state index contributed by atoms with van der Waals surface area (Å²) in [7, 11) is 1.70. The lowest BCUT2D eigenvalue weighted by atomic mass is 10.1. The van der Waals surface area contributed by atoms with Crippen molar-refractivity contribution < 1.29 is 4.74 Å². The van der Waals surface area contributed by atoms with Gasteiger partial charge >= 0.3 is 0 Å². The summed E-state index contributed by atoms with van der Waals surface area (Å²) in [6.45, 7) is 2.12. The van der Waals surface area contributed by atoms with Gasteiger partial charge in [0.25, 0.3) is 0 Å². The first-order chi connectivity index (χ1) is 8.78. The molecule has 0 aromatic heterocycles. The van der Waals surface area contributed by atoms with Gasteiger partial charge in [0.05, 0.1) is 19.6 Å². The molecule has 0 aliphatic heterocycles. The van der Waals surface area contributed by atoms with Crippen LogP contribution in [-0.4, -0.2) is 13.2 Å². The number of nitriles is 1. The molecular formula is C15H20N2O. The highest BCUT2D eigenvalue weighted by molar-refractivity contribution is 5.40. The summed E-state index contributed by atoms with van der Waals surface area (Å²) in [5.41, 5.74) is 2.74. The maximum Gasteiger partial charge on any atom is 0.119 e. The van der Waals surface area contributed by atoms with Crippen LogP contribution in [0.15, 0.2) is 18.2 Å². The molecule has 2 atom stereocenters. The average molecular weight is 244 g/mol. The minimum absolute atomic E-state index is 0.289. The zero-order valence-corrected chi connectivity index (χ0v) is 11.1. The second-order valence-corrected chi connectivity index (χ2v) is 4.79. The first-order valence-electron chi connectivity index (χ1n) is 6.58. The van der Waals surface area contributed by atoms with Gasteiger partial charge in [-0.1, -0.05) is 13.0 Å². The van der Waals surface area contributed by atoms with Gasteiger partial charge in [0.15, 0.2) is 0 Å². The monoisotopic (exact) mass is 244 g/mol. The van der Waals surface area contributed by atoms with Crippen molar-refractivity contribution in [3.8, 4) is 11.8 Å². The Balaban J connectivity index is 2.12. The molecule has 0 heterocycles. The third-order valence-electron chi connectivity index (χ3n) is 3.70. The predicted octanol–water partition coefficient (Wildman–Crippen LogP) is 2.96. The van der Waals surface area contributed by atoms with Crippen molar-refractivity contribution in [1.82, 2.24) is 5.32 Å². The lowest BCUT2D eigenvalue weighted by Gasteiger charge is -2.20. The van der Waals surface area contributed by atoms with Crippen LogP contribution >= 0.6 is 0 Å². The van der Waals surface area contributed by atoms with Crippen LogP contribution in [0, 0.1) is 11.3 Å². The Labute approximate surface area is 109 Å². The van der Waals surface area contributed by atoms with Crippen LogP contribution in [-0.2, 0) is 6.42 Å². The van der Waals surface area contributed by atoms with Crippen LogP contribution in [0.3, 0.4) is 0 Å². The highest BCUT2D eigenvalue weighted by atomic mass is 16.5. The zero-order chi connectivity index (χ0) is 13.0. The molecule has 0 radical (unpaired) electrons. The lowest BCUT2D eigenvalue weighted by molar-refractivity contribution is 0.408. The number of hydrogen-bond acceptors (Lipinski definition) is 3. The van der Waals surface area contributed by atoms with Gasteiger partial charge in [-0.05, 0) is 42.5 Å². The minimum Gasteiger partial charge on any atom is -0.497 e. The second kappa shape index (κ2) is 5.88. The van der Waals surface area contributed by atoms with E-state index in [9.17, 15) is 0 Å². The van der Waals surface area contributed by atoms with Crippen LogP contribution in [0.25, 0.3) is 0 Å². The molecule has 1 N–H and O–H groups in total. The van der Waals surface area contributed by atoms with E-state index >= 15 is 0 Å². The molecular weight excluding hydrogens is 224 g/mol. The topological polar surface area (TPSA) is 45.0 Å². The van der Waals surface area contributed by atoms with E-state index in [0.717, 1.165) is 25.0 Å². The third-order valence-corrected chi connectivity index (χ3v) is 3.70. The Bertz CT molecular complexity index is 450. The van der Waals surface area contributed by atoms with Crippen LogP contribution in [0.2, 0.25) is 0 Å². The van der Waals surface area contributed by atoms with Crippen molar-refractivity contribution in [2.75, 3.05) is 7.11 Å². The van der Waals surface area contributed by atoms with Gasteiger partial charge in [0.2, 0.25) is 0 Å². The Morgan fingerprint density at radius 1 is 1.56 bits per heavy atom. The fraction of sp³-hybridized carbons (Fsp3) is 0.533. The summed E-state index contributed by atoms with van der Waals surface area (Å²) >= 11 is 0. The first-order valence-corrected chi connectivity index (χ1v) is 6.58. The van der Waals surface area contributed by atoms with Crippen LogP contribution in [0.5, 0.6) is 5.75 Å². The molecule has 1 aromatic carbocycles. The molecule has 0 fully saturated rings.